The maximum Gasteiger partial charge on any atom is 0.407 e. The number of carbonyl (C=O) groups excluding carboxylic acids is 1. The molecule has 2 atom stereocenters. The van der Waals surface area contributed by atoms with Crippen molar-refractivity contribution in [3.63, 3.8) is 0 Å². The Kier molecular flexibility index (Phi) is 6.68. The molecule has 0 spiro atoms. The zero-order valence-corrected chi connectivity index (χ0v) is 17.7. The quantitative estimate of drug-likeness (QED) is 0.737. The number of halogens is 2. The lowest BCUT2D eigenvalue weighted by Crippen LogP contribution is -2.55. The summed E-state index contributed by atoms with van der Waals surface area (Å²) < 4.78 is 45.1. The molecule has 0 aliphatic carbocycles. The van der Waals surface area contributed by atoms with Gasteiger partial charge in [0.25, 0.3) is 5.92 Å². The first-order chi connectivity index (χ1) is 11.0. The molecule has 1 fully saturated rings. The molecule has 8 heteroatoms. The van der Waals surface area contributed by atoms with Crippen LogP contribution in [0.2, 0.25) is 18.1 Å². The van der Waals surface area contributed by atoms with E-state index in [0.717, 1.165) is 0 Å². The van der Waals surface area contributed by atoms with E-state index in [2.05, 4.69) is 26.1 Å². The molecule has 0 unspecified atom stereocenters. The van der Waals surface area contributed by atoms with Crippen LogP contribution in [0.1, 0.15) is 48.0 Å². The van der Waals surface area contributed by atoms with Crippen LogP contribution in [0.3, 0.4) is 0 Å². The number of rotatable bonds is 4. The minimum atomic E-state index is -3.07. The highest BCUT2D eigenvalue weighted by molar-refractivity contribution is 6.74. The van der Waals surface area contributed by atoms with E-state index < -0.39 is 44.5 Å². The SMILES string of the molecule is CC(C)(C)OC(=O)N[C@H]1CO[C@H](CO[Si](C)(C)C(C)(C)C)C(F)(F)C1. The first-order valence-electron chi connectivity index (χ1n) is 8.66. The highest BCUT2D eigenvalue weighted by atomic mass is 28.4. The van der Waals surface area contributed by atoms with Gasteiger partial charge < -0.3 is 19.2 Å². The molecule has 1 N–H and O–H groups in total. The Balaban J connectivity index is 2.58. The number of alkyl halides is 2. The van der Waals surface area contributed by atoms with Gasteiger partial charge in [-0.1, -0.05) is 20.8 Å². The number of nitrogens with one attached hydrogen (secondary N) is 1. The number of carbonyl (C=O) groups is 1. The van der Waals surface area contributed by atoms with Crippen LogP contribution in [0.25, 0.3) is 0 Å². The van der Waals surface area contributed by atoms with E-state index in [1.165, 1.54) is 0 Å². The lowest BCUT2D eigenvalue weighted by Gasteiger charge is -2.40. The van der Waals surface area contributed by atoms with Gasteiger partial charge >= 0.3 is 6.09 Å². The Morgan fingerprint density at radius 1 is 1.24 bits per heavy atom. The summed E-state index contributed by atoms with van der Waals surface area (Å²) >= 11 is 0. The molecule has 1 saturated heterocycles. The van der Waals surface area contributed by atoms with Crippen molar-refractivity contribution < 1.29 is 27.5 Å². The van der Waals surface area contributed by atoms with E-state index in [4.69, 9.17) is 13.9 Å². The Labute approximate surface area is 150 Å². The summed E-state index contributed by atoms with van der Waals surface area (Å²) in [5.74, 6) is -3.07. The van der Waals surface area contributed by atoms with Gasteiger partial charge in [0.1, 0.15) is 11.7 Å². The predicted molar refractivity (Wildman–Crippen MR) is 95.6 cm³/mol. The normalized spacial score (nSPS) is 24.7. The Hall–Kier alpha value is -0.733. The van der Waals surface area contributed by atoms with Crippen molar-refractivity contribution in [2.24, 2.45) is 0 Å². The number of amides is 1. The Morgan fingerprint density at radius 3 is 2.24 bits per heavy atom. The molecule has 0 aromatic heterocycles. The maximum atomic E-state index is 14.4. The second kappa shape index (κ2) is 7.48. The summed E-state index contributed by atoms with van der Waals surface area (Å²) in [4.78, 5) is 11.7. The molecule has 1 rings (SSSR count). The molecule has 0 aromatic carbocycles. The minimum Gasteiger partial charge on any atom is -0.444 e. The topological polar surface area (TPSA) is 56.8 Å². The van der Waals surface area contributed by atoms with Crippen molar-refractivity contribution in [1.82, 2.24) is 5.32 Å². The van der Waals surface area contributed by atoms with Gasteiger partial charge in [-0.15, -0.1) is 0 Å². The monoisotopic (exact) mass is 381 g/mol. The summed E-state index contributed by atoms with van der Waals surface area (Å²) in [6, 6.07) is -0.783. The van der Waals surface area contributed by atoms with Crippen molar-refractivity contribution in [1.29, 1.82) is 0 Å². The second-order valence-electron chi connectivity index (χ2n) is 9.20. The molecule has 1 amide bonds. The van der Waals surface area contributed by atoms with Crippen molar-refractivity contribution >= 4 is 14.4 Å². The van der Waals surface area contributed by atoms with Gasteiger partial charge in [-0.25, -0.2) is 13.6 Å². The first-order valence-corrected chi connectivity index (χ1v) is 11.6. The zero-order chi connectivity index (χ0) is 19.7. The zero-order valence-electron chi connectivity index (χ0n) is 16.7. The van der Waals surface area contributed by atoms with Gasteiger partial charge in [0.2, 0.25) is 0 Å². The molecule has 1 aliphatic rings. The fourth-order valence-electron chi connectivity index (χ4n) is 2.11. The maximum absolute atomic E-state index is 14.4. The molecule has 0 saturated carbocycles. The number of ether oxygens (including phenoxy) is 2. The van der Waals surface area contributed by atoms with Crippen LogP contribution < -0.4 is 5.32 Å². The molecular weight excluding hydrogens is 348 g/mol. The van der Waals surface area contributed by atoms with E-state index in [9.17, 15) is 13.6 Å². The summed E-state index contributed by atoms with van der Waals surface area (Å²) in [5.41, 5.74) is -0.679. The van der Waals surface area contributed by atoms with Gasteiger partial charge in [0, 0.05) is 6.42 Å². The fourth-order valence-corrected chi connectivity index (χ4v) is 3.11. The van der Waals surface area contributed by atoms with Crippen molar-refractivity contribution in [2.75, 3.05) is 13.2 Å². The lowest BCUT2D eigenvalue weighted by molar-refractivity contribution is -0.190. The molecule has 5 nitrogen and oxygen atoms in total. The third kappa shape index (κ3) is 6.82. The molecule has 148 valence electrons. The highest BCUT2D eigenvalue weighted by Crippen LogP contribution is 2.38. The standard InChI is InChI=1S/C17H33F2NO4Si/c1-15(2,3)24-14(21)20-12-9-17(18,19)13(22-10-12)11-23-25(7,8)16(4,5)6/h12-13H,9-11H2,1-8H3,(H,20,21)/t12-,13-/m1/s1. The smallest absolute Gasteiger partial charge is 0.407 e. The molecule has 0 aromatic rings. The third-order valence-electron chi connectivity index (χ3n) is 4.61. The van der Waals surface area contributed by atoms with Crippen molar-refractivity contribution in [3.8, 4) is 0 Å². The molecule has 0 radical (unpaired) electrons. The highest BCUT2D eigenvalue weighted by Gasteiger charge is 2.48. The predicted octanol–water partition coefficient (Wildman–Crippen LogP) is 4.33. The lowest BCUT2D eigenvalue weighted by atomic mass is 10.0. The summed E-state index contributed by atoms with van der Waals surface area (Å²) in [6.45, 7) is 15.2. The molecule has 0 bridgehead atoms. The molecular formula is C17H33F2NO4Si. The first kappa shape index (κ1) is 22.3. The number of hydrogen-bond acceptors (Lipinski definition) is 4. The largest absolute Gasteiger partial charge is 0.444 e. The molecule has 1 heterocycles. The van der Waals surface area contributed by atoms with Crippen LogP contribution in [-0.4, -0.2) is 51.3 Å². The van der Waals surface area contributed by atoms with Gasteiger partial charge in [-0.05, 0) is 38.9 Å². The summed E-state index contributed by atoms with van der Waals surface area (Å²) in [5, 5.41) is 2.39. The minimum absolute atomic E-state index is 0.0142. The van der Waals surface area contributed by atoms with E-state index in [-0.39, 0.29) is 18.3 Å². The summed E-state index contributed by atoms with van der Waals surface area (Å²) in [7, 11) is -2.12. The van der Waals surface area contributed by atoms with Crippen LogP contribution in [0.4, 0.5) is 13.6 Å². The van der Waals surface area contributed by atoms with Gasteiger partial charge in [0.15, 0.2) is 8.32 Å². The van der Waals surface area contributed by atoms with E-state index in [1.54, 1.807) is 20.8 Å². The van der Waals surface area contributed by atoms with Crippen molar-refractivity contribution in [2.45, 2.75) is 89.8 Å². The average Bonchev–Trinajstić information content (AvgIpc) is 2.32. The van der Waals surface area contributed by atoms with Crippen LogP contribution >= 0.6 is 0 Å². The van der Waals surface area contributed by atoms with Crippen LogP contribution in [0, 0.1) is 0 Å². The van der Waals surface area contributed by atoms with E-state index in [1.807, 2.05) is 13.1 Å². The Bertz CT molecular complexity index is 472. The van der Waals surface area contributed by atoms with Gasteiger partial charge in [-0.3, -0.25) is 0 Å². The number of hydrogen-bond donors (Lipinski definition) is 1. The average molecular weight is 382 g/mol. The van der Waals surface area contributed by atoms with Crippen LogP contribution in [0.5, 0.6) is 0 Å². The van der Waals surface area contributed by atoms with E-state index in [0.29, 0.717) is 0 Å². The molecule has 1 aliphatic heterocycles. The van der Waals surface area contributed by atoms with Crippen LogP contribution in [-0.2, 0) is 13.9 Å². The third-order valence-corrected chi connectivity index (χ3v) is 9.11. The van der Waals surface area contributed by atoms with Crippen LogP contribution in [0.15, 0.2) is 0 Å². The summed E-state index contributed by atoms with van der Waals surface area (Å²) in [6.07, 6.45) is -2.50. The fraction of sp³-hybridized carbons (Fsp3) is 0.941. The van der Waals surface area contributed by atoms with Crippen molar-refractivity contribution in [3.05, 3.63) is 0 Å². The van der Waals surface area contributed by atoms with Gasteiger partial charge in [-0.2, -0.15) is 0 Å². The van der Waals surface area contributed by atoms with Gasteiger partial charge in [0.05, 0.1) is 19.3 Å². The molecule has 25 heavy (non-hydrogen) atoms. The Morgan fingerprint density at radius 2 is 1.80 bits per heavy atom. The second-order valence-corrected chi connectivity index (χ2v) is 14.0. The number of alkyl carbamates (subject to hydrolysis) is 1. The van der Waals surface area contributed by atoms with E-state index >= 15 is 0 Å².